The summed E-state index contributed by atoms with van der Waals surface area (Å²) in [6.07, 6.45) is 4.24. The van der Waals surface area contributed by atoms with Crippen molar-refractivity contribution < 1.29 is 14.2 Å². The van der Waals surface area contributed by atoms with E-state index in [1.165, 1.54) is 0 Å². The highest BCUT2D eigenvalue weighted by molar-refractivity contribution is 5.62. The zero-order valence-electron chi connectivity index (χ0n) is 13.0. The lowest BCUT2D eigenvalue weighted by Gasteiger charge is -2.24. The number of methoxy groups -OCH3 is 3. The zero-order valence-corrected chi connectivity index (χ0v) is 13.0. The second-order valence-electron chi connectivity index (χ2n) is 4.83. The fourth-order valence-electron chi connectivity index (χ4n) is 2.37. The molecule has 0 amide bonds. The topological polar surface area (TPSA) is 45.0 Å². The van der Waals surface area contributed by atoms with Crippen LogP contribution in [-0.4, -0.2) is 59.0 Å². The summed E-state index contributed by atoms with van der Waals surface area (Å²) in [6, 6.07) is 3.90. The van der Waals surface area contributed by atoms with E-state index in [2.05, 4.69) is 22.4 Å². The maximum atomic E-state index is 5.35. The summed E-state index contributed by atoms with van der Waals surface area (Å²) in [4.78, 5) is 2.39. The molecule has 1 fully saturated rings. The molecule has 0 saturated carbocycles. The molecule has 1 aliphatic rings. The smallest absolute Gasteiger partial charge is 0.203 e. The lowest BCUT2D eigenvalue weighted by atomic mass is 10.1. The third-order valence-electron chi connectivity index (χ3n) is 3.51. The van der Waals surface area contributed by atoms with Crippen molar-refractivity contribution in [3.8, 4) is 17.2 Å². The highest BCUT2D eigenvalue weighted by atomic mass is 16.5. The highest BCUT2D eigenvalue weighted by Crippen LogP contribution is 2.38. The van der Waals surface area contributed by atoms with Crippen molar-refractivity contribution in [2.75, 3.05) is 54.1 Å². The van der Waals surface area contributed by atoms with E-state index >= 15 is 0 Å². The molecule has 1 aromatic rings. The monoisotopic (exact) mass is 291 g/mol. The van der Waals surface area contributed by atoms with Crippen LogP contribution in [0.4, 0.5) is 0 Å². The lowest BCUT2D eigenvalue weighted by Crippen LogP contribution is -2.40. The third kappa shape index (κ3) is 4.12. The molecule has 0 unspecified atom stereocenters. The second kappa shape index (κ2) is 7.90. The predicted octanol–water partition coefficient (Wildman–Crippen LogP) is 1.65. The Labute approximate surface area is 126 Å². The minimum absolute atomic E-state index is 0.620. The minimum Gasteiger partial charge on any atom is -0.493 e. The molecule has 2 rings (SSSR count). The van der Waals surface area contributed by atoms with Crippen LogP contribution in [0.3, 0.4) is 0 Å². The van der Waals surface area contributed by atoms with Gasteiger partial charge in [0.05, 0.1) is 21.3 Å². The quantitative estimate of drug-likeness (QED) is 0.799. The summed E-state index contributed by atoms with van der Waals surface area (Å²) in [5, 5.41) is 4.35. The number of benzene rings is 1. The maximum Gasteiger partial charge on any atom is 0.203 e. The molecule has 0 spiro atoms. The number of piperazine rings is 1. The summed E-state index contributed by atoms with van der Waals surface area (Å²) in [5.74, 6) is 1.97. The van der Waals surface area contributed by atoms with Gasteiger partial charge in [0.1, 0.15) is 0 Å². The Morgan fingerprint density at radius 1 is 1.05 bits per heavy atom. The van der Waals surface area contributed by atoms with Crippen LogP contribution in [0.25, 0.3) is 6.08 Å². The summed E-state index contributed by atoms with van der Waals surface area (Å²) in [6.45, 7) is 4.90. The van der Waals surface area contributed by atoms with Gasteiger partial charge < -0.3 is 14.2 Å². The third-order valence-corrected chi connectivity index (χ3v) is 3.51. The number of hydrogen-bond acceptors (Lipinski definition) is 4. The molecule has 5 nitrogen and oxygen atoms in total. The van der Waals surface area contributed by atoms with Crippen molar-refractivity contribution >= 4 is 6.08 Å². The molecule has 21 heavy (non-hydrogen) atoms. The van der Waals surface area contributed by atoms with Crippen molar-refractivity contribution in [3.05, 3.63) is 23.8 Å². The molecule has 1 heterocycles. The normalized spacial score (nSPS) is 16.1. The zero-order chi connectivity index (χ0) is 15.1. The minimum atomic E-state index is 0.620. The second-order valence-corrected chi connectivity index (χ2v) is 4.83. The molecule has 115 valence electrons. The first-order chi connectivity index (χ1) is 10.3. The van der Waals surface area contributed by atoms with E-state index in [-0.39, 0.29) is 0 Å². The van der Waals surface area contributed by atoms with Crippen LogP contribution in [-0.2, 0) is 0 Å². The van der Waals surface area contributed by atoms with Gasteiger partial charge >= 0.3 is 0 Å². The fraction of sp³-hybridized carbons (Fsp3) is 0.500. The van der Waals surface area contributed by atoms with Gasteiger partial charge in [0, 0.05) is 32.7 Å². The predicted molar refractivity (Wildman–Crippen MR) is 83.4 cm³/mol. The van der Waals surface area contributed by atoms with Crippen LogP contribution in [0.1, 0.15) is 5.56 Å². The summed E-state index contributed by atoms with van der Waals surface area (Å²) >= 11 is 0. The van der Waals surface area contributed by atoms with Crippen LogP contribution in [0, 0.1) is 0 Å². The van der Waals surface area contributed by atoms with Crippen molar-refractivity contribution in [3.63, 3.8) is 0 Å². The van der Waals surface area contributed by atoms with Crippen LogP contribution >= 0.6 is 0 Å². The van der Waals surface area contributed by atoms with Gasteiger partial charge in [0.2, 0.25) is 5.75 Å². The van der Waals surface area contributed by atoms with Gasteiger partial charge in [0.15, 0.2) is 11.5 Å². The summed E-state index contributed by atoms with van der Waals surface area (Å²) < 4.78 is 16.0. The van der Waals surface area contributed by atoms with Gasteiger partial charge in [-0.1, -0.05) is 12.2 Å². The van der Waals surface area contributed by atoms with E-state index in [0.717, 1.165) is 38.3 Å². The molecule has 1 saturated heterocycles. The highest BCUT2D eigenvalue weighted by Gasteiger charge is 2.12. The van der Waals surface area contributed by atoms with E-state index in [1.807, 2.05) is 12.1 Å². The fourth-order valence-corrected chi connectivity index (χ4v) is 2.37. The van der Waals surface area contributed by atoms with Gasteiger partial charge in [-0.15, -0.1) is 0 Å². The van der Waals surface area contributed by atoms with Crippen molar-refractivity contribution in [2.24, 2.45) is 0 Å². The molecule has 0 atom stereocenters. The van der Waals surface area contributed by atoms with Gasteiger partial charge in [0.25, 0.3) is 0 Å². The molecular formula is C16H23N2O3. The van der Waals surface area contributed by atoms with Gasteiger partial charge in [-0.05, 0) is 17.7 Å². The molecule has 5 heteroatoms. The average molecular weight is 291 g/mol. The molecule has 0 bridgehead atoms. The Morgan fingerprint density at radius 2 is 1.67 bits per heavy atom. The van der Waals surface area contributed by atoms with E-state index in [1.54, 1.807) is 21.3 Å². The summed E-state index contributed by atoms with van der Waals surface area (Å²) in [5.41, 5.74) is 1.03. The van der Waals surface area contributed by atoms with Crippen molar-refractivity contribution in [1.82, 2.24) is 10.2 Å². The Balaban J connectivity index is 2.08. The van der Waals surface area contributed by atoms with E-state index in [4.69, 9.17) is 14.2 Å². The van der Waals surface area contributed by atoms with Crippen LogP contribution < -0.4 is 19.5 Å². The largest absolute Gasteiger partial charge is 0.493 e. The van der Waals surface area contributed by atoms with Crippen molar-refractivity contribution in [2.45, 2.75) is 0 Å². The van der Waals surface area contributed by atoms with Gasteiger partial charge in [-0.3, -0.25) is 4.90 Å². The standard InChI is InChI=1S/C16H23N2O3/c1-19-14-11-13(12-15(20-2)16(14)21-3)5-4-8-18-9-6-17-7-10-18/h4-5,11-12H,6-10H2,1-3H3/b5-4+. The molecule has 1 radical (unpaired) electrons. The Kier molecular flexibility index (Phi) is 5.90. The van der Waals surface area contributed by atoms with Crippen LogP contribution in [0.15, 0.2) is 18.2 Å². The molecule has 0 aromatic heterocycles. The number of rotatable bonds is 6. The molecular weight excluding hydrogens is 268 g/mol. The van der Waals surface area contributed by atoms with E-state index < -0.39 is 0 Å². The van der Waals surface area contributed by atoms with Crippen molar-refractivity contribution in [1.29, 1.82) is 0 Å². The molecule has 0 aliphatic carbocycles. The lowest BCUT2D eigenvalue weighted by molar-refractivity contribution is 0.262. The summed E-state index contributed by atoms with van der Waals surface area (Å²) in [7, 11) is 4.86. The number of nitrogens with zero attached hydrogens (tertiary/aromatic N) is 2. The molecule has 1 aliphatic heterocycles. The first kappa shape index (κ1) is 15.7. The van der Waals surface area contributed by atoms with Crippen LogP contribution in [0.2, 0.25) is 0 Å². The maximum absolute atomic E-state index is 5.35. The van der Waals surface area contributed by atoms with E-state index in [9.17, 15) is 0 Å². The first-order valence-electron chi connectivity index (χ1n) is 7.10. The number of hydrogen-bond donors (Lipinski definition) is 0. The van der Waals surface area contributed by atoms with E-state index in [0.29, 0.717) is 17.2 Å². The molecule has 0 N–H and O–H groups in total. The molecule has 1 aromatic carbocycles. The Morgan fingerprint density at radius 3 is 2.19 bits per heavy atom. The van der Waals surface area contributed by atoms with Gasteiger partial charge in [-0.2, -0.15) is 0 Å². The number of ether oxygens (including phenoxy) is 3. The Bertz CT molecular complexity index is 457. The SMILES string of the molecule is COc1cc(/C=C/CN2CC[N]CC2)cc(OC)c1OC. The van der Waals surface area contributed by atoms with Crippen LogP contribution in [0.5, 0.6) is 17.2 Å². The first-order valence-corrected chi connectivity index (χ1v) is 7.10. The average Bonchev–Trinajstić information content (AvgIpc) is 2.54. The van der Waals surface area contributed by atoms with Gasteiger partial charge in [-0.25, -0.2) is 5.32 Å². The Hall–Kier alpha value is -1.72.